The molecule has 0 unspecified atom stereocenters. The Bertz CT molecular complexity index is 592. The number of hydrogen-bond acceptors (Lipinski definition) is 5. The Hall–Kier alpha value is -0.810. The van der Waals surface area contributed by atoms with E-state index in [0.29, 0.717) is 39.1 Å². The molecule has 1 aliphatic heterocycles. The van der Waals surface area contributed by atoms with Crippen LogP contribution in [0.5, 0.6) is 0 Å². The maximum atomic E-state index is 12.5. The van der Waals surface area contributed by atoms with E-state index in [9.17, 15) is 17.2 Å². The lowest BCUT2D eigenvalue weighted by Crippen LogP contribution is -2.40. The second-order valence-electron chi connectivity index (χ2n) is 5.41. The Balaban J connectivity index is 0.00000288. The highest BCUT2D eigenvalue weighted by Gasteiger charge is 2.30. The Labute approximate surface area is 146 Å². The van der Waals surface area contributed by atoms with Crippen LogP contribution < -0.4 is 5.73 Å². The average Bonchev–Trinajstić information content (AvgIpc) is 2.96. The number of halogens is 3. The van der Waals surface area contributed by atoms with Gasteiger partial charge in [-0.05, 0) is 25.8 Å². The zero-order valence-corrected chi connectivity index (χ0v) is 14.8. The summed E-state index contributed by atoms with van der Waals surface area (Å²) >= 11 is 0. The minimum absolute atomic E-state index is 0. The van der Waals surface area contributed by atoms with Gasteiger partial charge >= 0.3 is 0 Å². The Morgan fingerprint density at radius 1 is 1.38 bits per heavy atom. The SMILES string of the molecule is Cl.NCCCOC1CCN(S(=O)(=O)c2cnn(CC(F)F)c2)CC1. The number of ether oxygens (including phenoxy) is 1. The van der Waals surface area contributed by atoms with Crippen molar-refractivity contribution in [1.82, 2.24) is 14.1 Å². The highest BCUT2D eigenvalue weighted by atomic mass is 35.5. The summed E-state index contributed by atoms with van der Waals surface area (Å²) in [5.74, 6) is 0. The second-order valence-corrected chi connectivity index (χ2v) is 7.34. The number of aromatic nitrogens is 2. The molecule has 24 heavy (non-hydrogen) atoms. The second kappa shape index (κ2) is 9.62. The number of nitrogens with zero attached hydrogens (tertiary/aromatic N) is 3. The maximum Gasteiger partial charge on any atom is 0.257 e. The molecule has 0 saturated carbocycles. The molecule has 1 aromatic heterocycles. The topological polar surface area (TPSA) is 90.4 Å². The monoisotopic (exact) mass is 388 g/mol. The third kappa shape index (κ3) is 5.62. The molecular formula is C13H23ClF2N4O3S. The lowest BCUT2D eigenvalue weighted by atomic mass is 10.1. The van der Waals surface area contributed by atoms with Crippen LogP contribution in [0.25, 0.3) is 0 Å². The minimum atomic E-state index is -3.70. The normalized spacial score (nSPS) is 17.2. The largest absolute Gasteiger partial charge is 0.378 e. The van der Waals surface area contributed by atoms with Crippen molar-refractivity contribution in [2.75, 3.05) is 26.2 Å². The van der Waals surface area contributed by atoms with Crippen LogP contribution in [0, 0.1) is 0 Å². The van der Waals surface area contributed by atoms with Crippen molar-refractivity contribution >= 4 is 22.4 Å². The van der Waals surface area contributed by atoms with E-state index >= 15 is 0 Å². The number of sulfonamides is 1. The van der Waals surface area contributed by atoms with E-state index in [0.717, 1.165) is 23.5 Å². The molecule has 0 radical (unpaired) electrons. The third-order valence-electron chi connectivity index (χ3n) is 3.68. The molecule has 11 heteroatoms. The van der Waals surface area contributed by atoms with Crippen LogP contribution in [0.4, 0.5) is 8.78 Å². The van der Waals surface area contributed by atoms with Gasteiger partial charge in [-0.3, -0.25) is 4.68 Å². The first-order chi connectivity index (χ1) is 10.9. The lowest BCUT2D eigenvalue weighted by Gasteiger charge is -2.30. The first-order valence-corrected chi connectivity index (χ1v) is 9.00. The van der Waals surface area contributed by atoms with E-state index in [1.54, 1.807) is 0 Å². The molecule has 1 aromatic rings. The molecule has 0 amide bonds. The molecule has 0 aromatic carbocycles. The van der Waals surface area contributed by atoms with Gasteiger partial charge in [0, 0.05) is 25.9 Å². The fraction of sp³-hybridized carbons (Fsp3) is 0.769. The van der Waals surface area contributed by atoms with Crippen molar-refractivity contribution in [3.63, 3.8) is 0 Å². The summed E-state index contributed by atoms with van der Waals surface area (Å²) in [7, 11) is -3.70. The molecule has 0 bridgehead atoms. The van der Waals surface area contributed by atoms with Crippen LogP contribution in [0.3, 0.4) is 0 Å². The number of alkyl halides is 2. The van der Waals surface area contributed by atoms with Crippen LogP contribution >= 0.6 is 12.4 Å². The minimum Gasteiger partial charge on any atom is -0.378 e. The molecule has 0 atom stereocenters. The molecule has 140 valence electrons. The highest BCUT2D eigenvalue weighted by molar-refractivity contribution is 7.89. The summed E-state index contributed by atoms with van der Waals surface area (Å²) in [4.78, 5) is -0.0550. The van der Waals surface area contributed by atoms with Gasteiger partial charge in [0.2, 0.25) is 10.0 Å². The summed E-state index contributed by atoms with van der Waals surface area (Å²) < 4.78 is 57.5. The van der Waals surface area contributed by atoms with Gasteiger partial charge in [0.15, 0.2) is 0 Å². The zero-order chi connectivity index (χ0) is 16.9. The summed E-state index contributed by atoms with van der Waals surface area (Å²) in [6.07, 6.45) is 1.71. The van der Waals surface area contributed by atoms with E-state index in [1.807, 2.05) is 0 Å². The highest BCUT2D eigenvalue weighted by Crippen LogP contribution is 2.22. The maximum absolute atomic E-state index is 12.5. The molecule has 1 saturated heterocycles. The predicted molar refractivity (Wildman–Crippen MR) is 86.9 cm³/mol. The Kier molecular flexibility index (Phi) is 8.51. The van der Waals surface area contributed by atoms with Crippen LogP contribution in [-0.2, 0) is 21.3 Å². The van der Waals surface area contributed by atoms with Gasteiger partial charge in [-0.1, -0.05) is 0 Å². The number of hydrogen-bond donors (Lipinski definition) is 1. The van der Waals surface area contributed by atoms with E-state index < -0.39 is 23.0 Å². The van der Waals surface area contributed by atoms with Crippen molar-refractivity contribution in [1.29, 1.82) is 0 Å². The molecule has 2 heterocycles. The standard InChI is InChI=1S/C13H22F2N4O3S.ClH/c14-13(15)10-18-9-12(8-17-18)23(20,21)19-5-2-11(3-6-19)22-7-1-4-16;/h8-9,11,13H,1-7,10,16H2;1H. The quantitative estimate of drug-likeness (QED) is 0.673. The Morgan fingerprint density at radius 3 is 2.62 bits per heavy atom. The van der Waals surface area contributed by atoms with Gasteiger partial charge < -0.3 is 10.5 Å². The summed E-state index contributed by atoms with van der Waals surface area (Å²) in [6.45, 7) is 1.21. The molecule has 2 rings (SSSR count). The fourth-order valence-corrected chi connectivity index (χ4v) is 3.87. The van der Waals surface area contributed by atoms with Crippen LogP contribution in [0.2, 0.25) is 0 Å². The van der Waals surface area contributed by atoms with Gasteiger partial charge in [0.05, 0.1) is 12.3 Å². The number of rotatable bonds is 8. The molecule has 0 aliphatic carbocycles. The van der Waals surface area contributed by atoms with E-state index in [1.165, 1.54) is 4.31 Å². The van der Waals surface area contributed by atoms with Crippen LogP contribution in [-0.4, -0.2) is 61.3 Å². The number of nitrogens with two attached hydrogens (primary N) is 1. The number of piperidine rings is 1. The van der Waals surface area contributed by atoms with Crippen molar-refractivity contribution < 1.29 is 21.9 Å². The van der Waals surface area contributed by atoms with E-state index in [4.69, 9.17) is 10.5 Å². The summed E-state index contributed by atoms with van der Waals surface area (Å²) in [5.41, 5.74) is 5.40. The fourth-order valence-electron chi connectivity index (χ4n) is 2.44. The van der Waals surface area contributed by atoms with Crippen molar-refractivity contribution in [2.45, 2.75) is 43.2 Å². The van der Waals surface area contributed by atoms with Crippen molar-refractivity contribution in [3.05, 3.63) is 12.4 Å². The molecule has 2 N–H and O–H groups in total. The first-order valence-electron chi connectivity index (χ1n) is 7.56. The molecule has 7 nitrogen and oxygen atoms in total. The Morgan fingerprint density at radius 2 is 2.04 bits per heavy atom. The van der Waals surface area contributed by atoms with E-state index in [2.05, 4.69) is 5.10 Å². The zero-order valence-electron chi connectivity index (χ0n) is 13.2. The van der Waals surface area contributed by atoms with Crippen LogP contribution in [0.1, 0.15) is 19.3 Å². The lowest BCUT2D eigenvalue weighted by molar-refractivity contribution is 0.0209. The van der Waals surface area contributed by atoms with Crippen molar-refractivity contribution in [3.8, 4) is 0 Å². The molecule has 1 aliphatic rings. The first kappa shape index (κ1) is 21.2. The predicted octanol–water partition coefficient (Wildman–Crippen LogP) is 1.09. The van der Waals surface area contributed by atoms with Crippen molar-refractivity contribution in [2.24, 2.45) is 5.73 Å². The summed E-state index contributed by atoms with van der Waals surface area (Å²) in [6, 6.07) is 0. The third-order valence-corrected chi connectivity index (χ3v) is 5.53. The van der Waals surface area contributed by atoms with E-state index in [-0.39, 0.29) is 23.4 Å². The summed E-state index contributed by atoms with van der Waals surface area (Å²) in [5, 5.41) is 3.68. The smallest absolute Gasteiger partial charge is 0.257 e. The van der Waals surface area contributed by atoms with Gasteiger partial charge in [0.25, 0.3) is 6.43 Å². The molecular weight excluding hydrogens is 366 g/mol. The van der Waals surface area contributed by atoms with Gasteiger partial charge in [-0.2, -0.15) is 9.40 Å². The molecule has 0 spiro atoms. The van der Waals surface area contributed by atoms with Crippen LogP contribution in [0.15, 0.2) is 17.3 Å². The van der Waals surface area contributed by atoms with Gasteiger partial charge in [0.1, 0.15) is 11.4 Å². The van der Waals surface area contributed by atoms with Gasteiger partial charge in [-0.25, -0.2) is 17.2 Å². The molecule has 1 fully saturated rings. The average molecular weight is 389 g/mol. The van der Waals surface area contributed by atoms with Gasteiger partial charge in [-0.15, -0.1) is 12.4 Å².